The first-order valence-electron chi connectivity index (χ1n) is 9.26. The van der Waals surface area contributed by atoms with Crippen LogP contribution in [0.5, 0.6) is 0 Å². The van der Waals surface area contributed by atoms with Crippen molar-refractivity contribution in [2.24, 2.45) is 5.92 Å². The van der Waals surface area contributed by atoms with Crippen LogP contribution < -0.4 is 5.32 Å². The lowest BCUT2D eigenvalue weighted by Gasteiger charge is -2.14. The number of hydrogen-bond acceptors (Lipinski definition) is 5. The van der Waals surface area contributed by atoms with Gasteiger partial charge in [-0.3, -0.25) is 9.59 Å². The number of carbonyl (C=O) groups is 2. The quantitative estimate of drug-likeness (QED) is 0.689. The summed E-state index contributed by atoms with van der Waals surface area (Å²) in [6.45, 7) is 2.61. The fourth-order valence-electron chi connectivity index (χ4n) is 3.32. The Labute approximate surface area is 166 Å². The van der Waals surface area contributed by atoms with Crippen LogP contribution in [0.25, 0.3) is 0 Å². The number of halogens is 1. The number of anilines is 1. The molecular weight excluding hydrogens is 377 g/mol. The Morgan fingerprint density at radius 3 is 2.86 bits per heavy atom. The summed E-state index contributed by atoms with van der Waals surface area (Å²) in [7, 11) is 0. The molecular formula is C20H20FN5O3. The number of likely N-dealkylation sites (tertiary alicyclic amines) is 1. The number of nitrogens with one attached hydrogen (secondary N) is 1. The summed E-state index contributed by atoms with van der Waals surface area (Å²) >= 11 is 0. The van der Waals surface area contributed by atoms with E-state index in [2.05, 4.69) is 15.6 Å². The number of nitrogens with zero attached hydrogens (tertiary/aromatic N) is 4. The summed E-state index contributed by atoms with van der Waals surface area (Å²) in [6, 6.07) is 9.98. The van der Waals surface area contributed by atoms with Crippen LogP contribution in [-0.2, 0) is 22.7 Å². The average Bonchev–Trinajstić information content (AvgIpc) is 3.42. The number of benzene rings is 1. The molecule has 1 aliphatic heterocycles. The molecule has 0 aliphatic carbocycles. The van der Waals surface area contributed by atoms with Crippen LogP contribution in [0, 0.1) is 18.7 Å². The summed E-state index contributed by atoms with van der Waals surface area (Å²) < 4.78 is 20.7. The van der Waals surface area contributed by atoms with Crippen LogP contribution in [0.15, 0.2) is 47.1 Å². The van der Waals surface area contributed by atoms with Gasteiger partial charge in [-0.1, -0.05) is 23.4 Å². The van der Waals surface area contributed by atoms with E-state index in [0.717, 1.165) is 0 Å². The lowest BCUT2D eigenvalue weighted by molar-refractivity contribution is -0.128. The first kappa shape index (κ1) is 18.9. The number of amides is 2. The standard InChI is InChI=1S/C20H20FN5O3/c1-13-19(23-24-26(13)11-14-5-2-3-7-17(14)21)22-20(28)15-9-18(27)25(10-15)12-16-6-4-8-29-16/h2-8,15H,9-12H2,1H3,(H,22,28). The van der Waals surface area contributed by atoms with E-state index in [1.165, 1.54) is 10.7 Å². The van der Waals surface area contributed by atoms with E-state index >= 15 is 0 Å². The van der Waals surface area contributed by atoms with Gasteiger partial charge in [0.1, 0.15) is 11.6 Å². The number of hydrogen-bond donors (Lipinski definition) is 1. The van der Waals surface area contributed by atoms with Crippen LogP contribution in [0.3, 0.4) is 0 Å². The Bertz CT molecular complexity index is 1030. The van der Waals surface area contributed by atoms with Crippen LogP contribution >= 0.6 is 0 Å². The minimum Gasteiger partial charge on any atom is -0.467 e. The highest BCUT2D eigenvalue weighted by Crippen LogP contribution is 2.22. The van der Waals surface area contributed by atoms with Crippen LogP contribution in [-0.4, -0.2) is 38.3 Å². The predicted molar refractivity (Wildman–Crippen MR) is 101 cm³/mol. The second-order valence-electron chi connectivity index (χ2n) is 7.02. The van der Waals surface area contributed by atoms with Gasteiger partial charge < -0.3 is 14.6 Å². The highest BCUT2D eigenvalue weighted by Gasteiger charge is 2.35. The molecule has 3 aromatic rings. The minimum atomic E-state index is -0.478. The van der Waals surface area contributed by atoms with Crippen molar-refractivity contribution >= 4 is 17.6 Å². The van der Waals surface area contributed by atoms with Gasteiger partial charge in [0.15, 0.2) is 5.82 Å². The molecule has 0 spiro atoms. The van der Waals surface area contributed by atoms with E-state index in [0.29, 0.717) is 35.9 Å². The molecule has 3 heterocycles. The lowest BCUT2D eigenvalue weighted by Crippen LogP contribution is -2.28. The van der Waals surface area contributed by atoms with Crippen molar-refractivity contribution in [2.45, 2.75) is 26.4 Å². The van der Waals surface area contributed by atoms with E-state index < -0.39 is 5.92 Å². The molecule has 2 aromatic heterocycles. The van der Waals surface area contributed by atoms with Crippen molar-refractivity contribution in [2.75, 3.05) is 11.9 Å². The highest BCUT2D eigenvalue weighted by atomic mass is 19.1. The second kappa shape index (κ2) is 7.86. The maximum Gasteiger partial charge on any atom is 0.231 e. The van der Waals surface area contributed by atoms with Crippen LogP contribution in [0.4, 0.5) is 10.2 Å². The fourth-order valence-corrected chi connectivity index (χ4v) is 3.32. The van der Waals surface area contributed by atoms with Crippen LogP contribution in [0.1, 0.15) is 23.4 Å². The molecule has 29 heavy (non-hydrogen) atoms. The van der Waals surface area contributed by atoms with E-state index in [1.807, 2.05) is 0 Å². The van der Waals surface area contributed by atoms with Gasteiger partial charge >= 0.3 is 0 Å². The molecule has 2 amide bonds. The van der Waals surface area contributed by atoms with Gasteiger partial charge in [0.05, 0.1) is 31.0 Å². The molecule has 0 radical (unpaired) electrons. The van der Waals surface area contributed by atoms with Gasteiger partial charge in [-0.15, -0.1) is 5.10 Å². The number of furan rings is 1. The Morgan fingerprint density at radius 2 is 2.10 bits per heavy atom. The Kier molecular flexibility index (Phi) is 5.11. The van der Waals surface area contributed by atoms with Crippen molar-refractivity contribution in [3.63, 3.8) is 0 Å². The molecule has 8 nitrogen and oxygen atoms in total. The Balaban J connectivity index is 1.39. The van der Waals surface area contributed by atoms with Gasteiger partial charge in [-0.05, 0) is 25.1 Å². The largest absolute Gasteiger partial charge is 0.467 e. The zero-order chi connectivity index (χ0) is 20.4. The SMILES string of the molecule is Cc1c(NC(=O)C2CC(=O)N(Cc3ccco3)C2)nnn1Cc1ccccc1F. The fraction of sp³-hybridized carbons (Fsp3) is 0.300. The van der Waals surface area contributed by atoms with Crippen molar-refractivity contribution in [3.05, 3.63) is 65.5 Å². The summed E-state index contributed by atoms with van der Waals surface area (Å²) in [4.78, 5) is 26.4. The van der Waals surface area contributed by atoms with E-state index in [4.69, 9.17) is 4.42 Å². The first-order chi connectivity index (χ1) is 14.0. The van der Waals surface area contributed by atoms with E-state index in [1.54, 1.807) is 48.4 Å². The van der Waals surface area contributed by atoms with Crippen molar-refractivity contribution < 1.29 is 18.4 Å². The topological polar surface area (TPSA) is 93.3 Å². The maximum absolute atomic E-state index is 13.9. The van der Waals surface area contributed by atoms with Gasteiger partial charge in [0.2, 0.25) is 11.8 Å². The smallest absolute Gasteiger partial charge is 0.231 e. The third-order valence-corrected chi connectivity index (χ3v) is 5.01. The molecule has 150 valence electrons. The molecule has 0 bridgehead atoms. The monoisotopic (exact) mass is 397 g/mol. The van der Waals surface area contributed by atoms with Gasteiger partial charge in [-0.2, -0.15) is 0 Å². The van der Waals surface area contributed by atoms with Crippen molar-refractivity contribution in [1.82, 2.24) is 19.9 Å². The second-order valence-corrected chi connectivity index (χ2v) is 7.02. The molecule has 1 atom stereocenters. The molecule has 0 saturated carbocycles. The molecule has 1 fully saturated rings. The van der Waals surface area contributed by atoms with E-state index in [-0.39, 0.29) is 30.6 Å². The van der Waals surface area contributed by atoms with Gasteiger partial charge in [-0.25, -0.2) is 9.07 Å². The molecule has 1 aromatic carbocycles. The number of aromatic nitrogens is 3. The summed E-state index contributed by atoms with van der Waals surface area (Å²) in [5.74, 6) is -0.208. The Morgan fingerprint density at radius 1 is 1.28 bits per heavy atom. The third kappa shape index (κ3) is 4.03. The normalized spacial score (nSPS) is 16.4. The maximum atomic E-state index is 13.9. The molecule has 4 rings (SSSR count). The first-order valence-corrected chi connectivity index (χ1v) is 9.26. The third-order valence-electron chi connectivity index (χ3n) is 5.01. The number of carbonyl (C=O) groups excluding carboxylic acids is 2. The lowest BCUT2D eigenvalue weighted by atomic mass is 10.1. The average molecular weight is 397 g/mol. The molecule has 1 N–H and O–H groups in total. The van der Waals surface area contributed by atoms with Gasteiger partial charge in [0.25, 0.3) is 0 Å². The molecule has 9 heteroatoms. The van der Waals surface area contributed by atoms with Crippen molar-refractivity contribution in [1.29, 1.82) is 0 Å². The Hall–Kier alpha value is -3.49. The minimum absolute atomic E-state index is 0.0959. The predicted octanol–water partition coefficient (Wildman–Crippen LogP) is 2.35. The molecule has 1 saturated heterocycles. The zero-order valence-corrected chi connectivity index (χ0v) is 15.8. The molecule has 1 unspecified atom stereocenters. The summed E-state index contributed by atoms with van der Waals surface area (Å²) in [5, 5.41) is 10.7. The highest BCUT2D eigenvalue weighted by molar-refractivity contribution is 5.96. The van der Waals surface area contributed by atoms with Crippen molar-refractivity contribution in [3.8, 4) is 0 Å². The van der Waals surface area contributed by atoms with E-state index in [9.17, 15) is 14.0 Å². The summed E-state index contributed by atoms with van der Waals surface area (Å²) in [5.41, 5.74) is 1.09. The van der Waals surface area contributed by atoms with Gasteiger partial charge in [0, 0.05) is 18.5 Å². The zero-order valence-electron chi connectivity index (χ0n) is 15.8. The van der Waals surface area contributed by atoms with Crippen LogP contribution in [0.2, 0.25) is 0 Å². The number of rotatable bonds is 6. The molecule has 1 aliphatic rings. The summed E-state index contributed by atoms with van der Waals surface area (Å²) in [6.07, 6.45) is 1.68.